The first-order valence-corrected chi connectivity index (χ1v) is 9.22. The van der Waals surface area contributed by atoms with Crippen molar-refractivity contribution in [1.29, 1.82) is 5.26 Å². The van der Waals surface area contributed by atoms with E-state index in [-0.39, 0.29) is 12.0 Å². The molecule has 1 aromatic heterocycles. The lowest BCUT2D eigenvalue weighted by molar-refractivity contribution is 0.145. The van der Waals surface area contributed by atoms with Gasteiger partial charge in [-0.15, -0.1) is 0 Å². The van der Waals surface area contributed by atoms with E-state index in [9.17, 15) is 10.1 Å². The quantitative estimate of drug-likeness (QED) is 0.840. The van der Waals surface area contributed by atoms with Crippen LogP contribution < -0.4 is 19.1 Å². The third-order valence-electron chi connectivity index (χ3n) is 4.97. The van der Waals surface area contributed by atoms with E-state index in [0.29, 0.717) is 49.7 Å². The summed E-state index contributed by atoms with van der Waals surface area (Å²) in [6.45, 7) is 1.90. The van der Waals surface area contributed by atoms with Gasteiger partial charge in [-0.2, -0.15) is 5.26 Å². The number of carboxylic acid groups (broad SMARTS) is 1. The monoisotopic (exact) mass is 396 g/mol. The second kappa shape index (κ2) is 7.75. The molecule has 1 fully saturated rings. The third kappa shape index (κ3) is 3.69. The van der Waals surface area contributed by atoms with E-state index < -0.39 is 6.09 Å². The molecule has 2 aliphatic heterocycles. The second-order valence-electron chi connectivity index (χ2n) is 6.75. The molecule has 3 heterocycles. The van der Waals surface area contributed by atoms with Crippen LogP contribution in [0, 0.1) is 11.3 Å². The Morgan fingerprint density at radius 3 is 2.97 bits per heavy atom. The number of likely N-dealkylation sites (tertiary alicyclic amines) is 1. The minimum absolute atomic E-state index is 0.185. The average molecular weight is 396 g/mol. The minimum atomic E-state index is -0.929. The lowest BCUT2D eigenvalue weighted by atomic mass is 10.2. The van der Waals surface area contributed by atoms with Gasteiger partial charge in [0.15, 0.2) is 0 Å². The van der Waals surface area contributed by atoms with Crippen molar-refractivity contribution in [1.82, 2.24) is 9.88 Å². The lowest BCUT2D eigenvalue weighted by Crippen LogP contribution is -2.30. The van der Waals surface area contributed by atoms with Crippen LogP contribution >= 0.6 is 0 Å². The van der Waals surface area contributed by atoms with Crippen molar-refractivity contribution in [2.45, 2.75) is 12.5 Å². The van der Waals surface area contributed by atoms with Crippen molar-refractivity contribution < 1.29 is 24.1 Å². The van der Waals surface area contributed by atoms with Crippen LogP contribution in [0.3, 0.4) is 0 Å². The average Bonchev–Trinajstić information content (AvgIpc) is 3.21. The number of nitrogens with zero attached hydrogens (tertiary/aromatic N) is 4. The van der Waals surface area contributed by atoms with Crippen LogP contribution in [0.1, 0.15) is 12.0 Å². The molecule has 1 aromatic carbocycles. The third-order valence-corrected chi connectivity index (χ3v) is 4.97. The molecule has 1 unspecified atom stereocenters. The summed E-state index contributed by atoms with van der Waals surface area (Å²) in [5.41, 5.74) is 1.91. The van der Waals surface area contributed by atoms with Crippen LogP contribution in [0.25, 0.3) is 0 Å². The van der Waals surface area contributed by atoms with Gasteiger partial charge < -0.3 is 29.1 Å². The first-order chi connectivity index (χ1) is 14.1. The standard InChI is InChI=1S/C20H20N4O5/c1-27-19-13(10-21)8-14(11-22-19)24-6-7-28-18-3-2-15(9-17(18)24)29-16-4-5-23(12-16)20(25)26/h2-3,8-9,11,16H,4-7,12H2,1H3,(H,25,26). The molecule has 29 heavy (non-hydrogen) atoms. The van der Waals surface area contributed by atoms with E-state index in [0.717, 1.165) is 11.4 Å². The van der Waals surface area contributed by atoms with Crippen LogP contribution in [0.15, 0.2) is 30.5 Å². The summed E-state index contributed by atoms with van der Waals surface area (Å²) in [6.07, 6.45) is 1.19. The zero-order chi connectivity index (χ0) is 20.4. The Bertz CT molecular complexity index is 974. The highest BCUT2D eigenvalue weighted by Crippen LogP contribution is 2.40. The molecule has 4 rings (SSSR count). The molecular weight excluding hydrogens is 376 g/mol. The Morgan fingerprint density at radius 2 is 2.24 bits per heavy atom. The predicted molar refractivity (Wildman–Crippen MR) is 103 cm³/mol. The van der Waals surface area contributed by atoms with Gasteiger partial charge in [-0.05, 0) is 18.2 Å². The van der Waals surface area contributed by atoms with E-state index in [1.807, 2.05) is 23.1 Å². The van der Waals surface area contributed by atoms with Gasteiger partial charge in [-0.1, -0.05) is 0 Å². The second-order valence-corrected chi connectivity index (χ2v) is 6.75. The lowest BCUT2D eigenvalue weighted by Gasteiger charge is -2.31. The summed E-state index contributed by atoms with van der Waals surface area (Å²) in [5, 5.41) is 18.5. The van der Waals surface area contributed by atoms with E-state index in [4.69, 9.17) is 19.3 Å². The molecule has 0 radical (unpaired) electrons. The Hall–Kier alpha value is -3.67. The van der Waals surface area contributed by atoms with E-state index >= 15 is 0 Å². The molecule has 2 aliphatic rings. The summed E-state index contributed by atoms with van der Waals surface area (Å²) >= 11 is 0. The SMILES string of the molecule is COc1ncc(N2CCOc3ccc(OC4CCN(C(=O)O)C4)cc32)cc1C#N. The van der Waals surface area contributed by atoms with Crippen molar-refractivity contribution in [3.05, 3.63) is 36.0 Å². The molecule has 9 nitrogen and oxygen atoms in total. The number of ether oxygens (including phenoxy) is 3. The highest BCUT2D eigenvalue weighted by molar-refractivity contribution is 5.72. The molecule has 1 atom stereocenters. The van der Waals surface area contributed by atoms with Gasteiger partial charge in [0.25, 0.3) is 0 Å². The highest BCUT2D eigenvalue weighted by Gasteiger charge is 2.28. The minimum Gasteiger partial charge on any atom is -0.490 e. The number of rotatable bonds is 4. The fourth-order valence-electron chi connectivity index (χ4n) is 3.56. The number of hydrogen-bond donors (Lipinski definition) is 1. The summed E-state index contributed by atoms with van der Waals surface area (Å²) in [4.78, 5) is 18.7. The van der Waals surface area contributed by atoms with Crippen molar-refractivity contribution in [2.24, 2.45) is 0 Å². The van der Waals surface area contributed by atoms with Crippen LogP contribution in [0.2, 0.25) is 0 Å². The number of nitriles is 1. The van der Waals surface area contributed by atoms with E-state index in [2.05, 4.69) is 11.1 Å². The maximum Gasteiger partial charge on any atom is 0.407 e. The Morgan fingerprint density at radius 1 is 1.38 bits per heavy atom. The predicted octanol–water partition coefficient (Wildman–Crippen LogP) is 2.62. The molecular formula is C20H20N4O5. The first kappa shape index (κ1) is 18.7. The van der Waals surface area contributed by atoms with Gasteiger partial charge in [-0.3, -0.25) is 0 Å². The molecule has 150 valence electrons. The van der Waals surface area contributed by atoms with Crippen LogP contribution in [0.5, 0.6) is 17.4 Å². The summed E-state index contributed by atoms with van der Waals surface area (Å²) < 4.78 is 16.9. The number of hydrogen-bond acceptors (Lipinski definition) is 7. The number of aromatic nitrogens is 1. The zero-order valence-corrected chi connectivity index (χ0v) is 15.9. The van der Waals surface area contributed by atoms with Gasteiger partial charge in [-0.25, -0.2) is 9.78 Å². The number of anilines is 2. The number of amides is 1. The Labute approximate surface area is 167 Å². The normalized spacial score (nSPS) is 17.9. The largest absolute Gasteiger partial charge is 0.490 e. The van der Waals surface area contributed by atoms with Crippen molar-refractivity contribution in [3.8, 4) is 23.4 Å². The van der Waals surface area contributed by atoms with Gasteiger partial charge >= 0.3 is 6.09 Å². The van der Waals surface area contributed by atoms with Gasteiger partial charge in [0.1, 0.15) is 35.8 Å². The van der Waals surface area contributed by atoms with Crippen molar-refractivity contribution in [2.75, 3.05) is 38.3 Å². The topological polar surface area (TPSA) is 108 Å². The summed E-state index contributed by atoms with van der Waals surface area (Å²) in [7, 11) is 1.48. The fraction of sp³-hybridized carbons (Fsp3) is 0.350. The molecule has 1 amide bonds. The Kier molecular flexibility index (Phi) is 4.99. The van der Waals surface area contributed by atoms with Gasteiger partial charge in [0.2, 0.25) is 5.88 Å². The zero-order valence-electron chi connectivity index (χ0n) is 15.9. The fourth-order valence-corrected chi connectivity index (χ4v) is 3.56. The highest BCUT2D eigenvalue weighted by atomic mass is 16.5. The summed E-state index contributed by atoms with van der Waals surface area (Å²) in [5.74, 6) is 1.63. The maximum atomic E-state index is 11.1. The van der Waals surface area contributed by atoms with Gasteiger partial charge in [0.05, 0.1) is 37.8 Å². The number of fused-ring (bicyclic) bond motifs is 1. The smallest absolute Gasteiger partial charge is 0.407 e. The molecule has 9 heteroatoms. The van der Waals surface area contributed by atoms with E-state index in [1.54, 1.807) is 12.3 Å². The molecule has 0 aliphatic carbocycles. The van der Waals surface area contributed by atoms with Crippen molar-refractivity contribution >= 4 is 17.5 Å². The Balaban J connectivity index is 1.59. The first-order valence-electron chi connectivity index (χ1n) is 9.22. The van der Waals surface area contributed by atoms with Crippen LogP contribution in [-0.2, 0) is 0 Å². The van der Waals surface area contributed by atoms with E-state index in [1.165, 1.54) is 12.0 Å². The molecule has 0 bridgehead atoms. The molecule has 0 spiro atoms. The number of methoxy groups -OCH3 is 1. The molecule has 1 saturated heterocycles. The molecule has 2 aromatic rings. The molecule has 0 saturated carbocycles. The molecule has 1 N–H and O–H groups in total. The summed E-state index contributed by atoms with van der Waals surface area (Å²) in [6, 6.07) is 9.36. The number of carbonyl (C=O) groups is 1. The van der Waals surface area contributed by atoms with Gasteiger partial charge in [0, 0.05) is 19.0 Å². The number of benzene rings is 1. The van der Waals surface area contributed by atoms with Crippen LogP contribution in [-0.4, -0.2) is 60.5 Å². The number of pyridine rings is 1. The van der Waals surface area contributed by atoms with Crippen LogP contribution in [0.4, 0.5) is 16.2 Å². The maximum absolute atomic E-state index is 11.1. The van der Waals surface area contributed by atoms with Crippen molar-refractivity contribution in [3.63, 3.8) is 0 Å².